The van der Waals surface area contributed by atoms with Crippen LogP contribution in [0.2, 0.25) is 0 Å². The van der Waals surface area contributed by atoms with Gasteiger partial charge in [-0.05, 0) is 49.4 Å². The van der Waals surface area contributed by atoms with Crippen molar-refractivity contribution in [1.82, 2.24) is 15.0 Å². The SMILES string of the molecule is Cc1cccc(NC(=O)C23CCC(c4nc5ccccc5nc42)C3(C)C)n1. The lowest BCUT2D eigenvalue weighted by atomic mass is 9.67. The number of nitrogens with zero attached hydrogens (tertiary/aromatic N) is 3. The number of carbonyl (C=O) groups is 1. The molecule has 1 fully saturated rings. The maximum Gasteiger partial charge on any atom is 0.238 e. The van der Waals surface area contributed by atoms with Crippen LogP contribution in [0.3, 0.4) is 0 Å². The Morgan fingerprint density at radius 1 is 1.04 bits per heavy atom. The third kappa shape index (κ3) is 2.05. The Bertz CT molecular complexity index is 1090. The van der Waals surface area contributed by atoms with Crippen molar-refractivity contribution in [3.8, 4) is 0 Å². The first-order valence-corrected chi connectivity index (χ1v) is 9.46. The van der Waals surface area contributed by atoms with Gasteiger partial charge >= 0.3 is 0 Å². The third-order valence-electron chi connectivity index (χ3n) is 6.63. The van der Waals surface area contributed by atoms with Gasteiger partial charge in [0.25, 0.3) is 0 Å². The van der Waals surface area contributed by atoms with Gasteiger partial charge in [0.1, 0.15) is 5.82 Å². The number of pyridine rings is 1. The van der Waals surface area contributed by atoms with E-state index in [2.05, 4.69) is 24.1 Å². The number of fused-ring (bicyclic) bond motifs is 6. The van der Waals surface area contributed by atoms with E-state index in [0.717, 1.165) is 41.0 Å². The molecule has 1 amide bonds. The zero-order valence-corrected chi connectivity index (χ0v) is 15.8. The molecular weight excluding hydrogens is 336 g/mol. The van der Waals surface area contributed by atoms with Crippen LogP contribution in [0.4, 0.5) is 5.82 Å². The summed E-state index contributed by atoms with van der Waals surface area (Å²) in [5, 5.41) is 3.07. The Balaban J connectivity index is 1.66. The van der Waals surface area contributed by atoms with Crippen molar-refractivity contribution in [2.24, 2.45) is 5.41 Å². The molecule has 136 valence electrons. The predicted octanol–water partition coefficient (Wildman–Crippen LogP) is 4.13. The summed E-state index contributed by atoms with van der Waals surface area (Å²) in [4.78, 5) is 27.9. The van der Waals surface area contributed by atoms with E-state index in [9.17, 15) is 4.79 Å². The van der Waals surface area contributed by atoms with Crippen LogP contribution >= 0.6 is 0 Å². The maximum atomic E-state index is 13.6. The lowest BCUT2D eigenvalue weighted by Crippen LogP contribution is -2.46. The summed E-state index contributed by atoms with van der Waals surface area (Å²) in [5.41, 5.74) is 3.57. The zero-order valence-electron chi connectivity index (χ0n) is 15.8. The molecule has 1 saturated carbocycles. The van der Waals surface area contributed by atoms with Crippen LogP contribution in [-0.4, -0.2) is 20.9 Å². The number of hydrogen-bond acceptors (Lipinski definition) is 4. The molecule has 1 aromatic carbocycles. The molecule has 5 rings (SSSR count). The highest BCUT2D eigenvalue weighted by Gasteiger charge is 2.67. The number of benzene rings is 1. The van der Waals surface area contributed by atoms with E-state index >= 15 is 0 Å². The van der Waals surface area contributed by atoms with Crippen molar-refractivity contribution in [2.75, 3.05) is 5.32 Å². The van der Waals surface area contributed by atoms with Gasteiger partial charge in [0.2, 0.25) is 5.91 Å². The zero-order chi connectivity index (χ0) is 18.8. The standard InChI is InChI=1S/C22H22N4O/c1-13-7-6-10-17(23-13)26-20(27)22-12-11-14(21(22,2)3)18-19(22)25-16-9-5-4-8-15(16)24-18/h4-10,14H,11-12H2,1-3H3,(H,23,26,27). The Morgan fingerprint density at radius 2 is 1.78 bits per heavy atom. The van der Waals surface area contributed by atoms with Crippen molar-refractivity contribution in [2.45, 2.75) is 44.9 Å². The van der Waals surface area contributed by atoms with Crippen LogP contribution in [-0.2, 0) is 10.2 Å². The van der Waals surface area contributed by atoms with Crippen LogP contribution < -0.4 is 5.32 Å². The van der Waals surface area contributed by atoms with Gasteiger partial charge in [-0.2, -0.15) is 0 Å². The average molecular weight is 358 g/mol. The summed E-state index contributed by atoms with van der Waals surface area (Å²) in [6, 6.07) is 13.6. The van der Waals surface area contributed by atoms with Crippen molar-refractivity contribution in [3.63, 3.8) is 0 Å². The molecule has 5 heteroatoms. The van der Waals surface area contributed by atoms with Crippen LogP contribution in [0.1, 0.15) is 49.7 Å². The van der Waals surface area contributed by atoms with Crippen molar-refractivity contribution in [3.05, 3.63) is 59.5 Å². The van der Waals surface area contributed by atoms with Gasteiger partial charge in [-0.25, -0.2) is 15.0 Å². The Morgan fingerprint density at radius 3 is 2.52 bits per heavy atom. The molecule has 0 radical (unpaired) electrons. The monoisotopic (exact) mass is 358 g/mol. The number of carbonyl (C=O) groups excluding carboxylic acids is 1. The summed E-state index contributed by atoms with van der Waals surface area (Å²) >= 11 is 0. The number of para-hydroxylation sites is 2. The Kier molecular flexibility index (Phi) is 3.24. The molecule has 2 bridgehead atoms. The second-order valence-corrected chi connectivity index (χ2v) is 8.28. The molecule has 2 heterocycles. The average Bonchev–Trinajstić information content (AvgIpc) is 3.02. The molecule has 2 unspecified atom stereocenters. The molecule has 0 saturated heterocycles. The van der Waals surface area contributed by atoms with E-state index in [1.54, 1.807) is 0 Å². The molecule has 2 atom stereocenters. The van der Waals surface area contributed by atoms with E-state index < -0.39 is 5.41 Å². The summed E-state index contributed by atoms with van der Waals surface area (Å²) in [6.07, 6.45) is 1.75. The topological polar surface area (TPSA) is 67.8 Å². The molecule has 5 nitrogen and oxygen atoms in total. The van der Waals surface area contributed by atoms with Gasteiger partial charge in [-0.15, -0.1) is 0 Å². The van der Waals surface area contributed by atoms with Crippen LogP contribution in [0, 0.1) is 12.3 Å². The molecule has 27 heavy (non-hydrogen) atoms. The van der Waals surface area contributed by atoms with Crippen molar-refractivity contribution in [1.29, 1.82) is 0 Å². The molecule has 2 aliphatic carbocycles. The highest BCUT2D eigenvalue weighted by atomic mass is 16.2. The third-order valence-corrected chi connectivity index (χ3v) is 6.63. The molecule has 3 aromatic rings. The van der Waals surface area contributed by atoms with Crippen LogP contribution in [0.5, 0.6) is 0 Å². The Hall–Kier alpha value is -2.82. The maximum absolute atomic E-state index is 13.6. The predicted molar refractivity (Wildman–Crippen MR) is 105 cm³/mol. The lowest BCUT2D eigenvalue weighted by molar-refractivity contribution is -0.124. The van der Waals surface area contributed by atoms with E-state index in [1.807, 2.05) is 49.4 Å². The quantitative estimate of drug-likeness (QED) is 0.748. The molecular formula is C22H22N4O. The first-order chi connectivity index (χ1) is 12.9. The van der Waals surface area contributed by atoms with E-state index in [1.165, 1.54) is 0 Å². The summed E-state index contributed by atoms with van der Waals surface area (Å²) < 4.78 is 0. The Labute approximate surface area is 158 Å². The van der Waals surface area contributed by atoms with Crippen molar-refractivity contribution < 1.29 is 4.79 Å². The number of aromatic nitrogens is 3. The normalized spacial score (nSPS) is 24.8. The fraction of sp³-hybridized carbons (Fsp3) is 0.364. The smallest absolute Gasteiger partial charge is 0.238 e. The van der Waals surface area contributed by atoms with Gasteiger partial charge in [-0.3, -0.25) is 4.79 Å². The van der Waals surface area contributed by atoms with Crippen LogP contribution in [0.15, 0.2) is 42.5 Å². The second kappa shape index (κ2) is 5.35. The number of hydrogen-bond donors (Lipinski definition) is 1. The second-order valence-electron chi connectivity index (χ2n) is 8.28. The summed E-state index contributed by atoms with van der Waals surface area (Å²) in [5.74, 6) is 0.827. The number of rotatable bonds is 2. The van der Waals surface area contributed by atoms with Gasteiger partial charge in [0.05, 0.1) is 27.8 Å². The number of nitrogens with one attached hydrogen (secondary N) is 1. The largest absolute Gasteiger partial charge is 0.310 e. The first kappa shape index (κ1) is 16.4. The van der Waals surface area contributed by atoms with Gasteiger partial charge in [0.15, 0.2) is 0 Å². The first-order valence-electron chi connectivity index (χ1n) is 9.46. The van der Waals surface area contributed by atoms with Gasteiger partial charge in [-0.1, -0.05) is 32.0 Å². The molecule has 0 aliphatic heterocycles. The lowest BCUT2D eigenvalue weighted by Gasteiger charge is -2.36. The molecule has 2 aromatic heterocycles. The fourth-order valence-electron chi connectivity index (χ4n) is 5.16. The minimum atomic E-state index is -0.671. The fourth-order valence-corrected chi connectivity index (χ4v) is 5.16. The number of amides is 1. The van der Waals surface area contributed by atoms with Gasteiger partial charge in [0, 0.05) is 11.6 Å². The molecule has 0 spiro atoms. The molecule has 1 N–H and O–H groups in total. The van der Waals surface area contributed by atoms with E-state index in [4.69, 9.17) is 9.97 Å². The minimum absolute atomic E-state index is 0.0172. The van der Waals surface area contributed by atoms with Crippen molar-refractivity contribution >= 4 is 22.8 Å². The highest BCUT2D eigenvalue weighted by Crippen LogP contribution is 2.67. The van der Waals surface area contributed by atoms with Crippen LogP contribution in [0.25, 0.3) is 11.0 Å². The highest BCUT2D eigenvalue weighted by molar-refractivity contribution is 6.01. The number of anilines is 1. The number of aryl methyl sites for hydroxylation is 1. The summed E-state index contributed by atoms with van der Waals surface area (Å²) in [6.45, 7) is 6.29. The molecule has 2 aliphatic rings. The van der Waals surface area contributed by atoms with E-state index in [0.29, 0.717) is 5.82 Å². The van der Waals surface area contributed by atoms with Gasteiger partial charge < -0.3 is 5.32 Å². The minimum Gasteiger partial charge on any atom is -0.310 e. The van der Waals surface area contributed by atoms with E-state index in [-0.39, 0.29) is 17.2 Å². The summed E-state index contributed by atoms with van der Waals surface area (Å²) in [7, 11) is 0.